The average molecular weight is 333 g/mol. The summed E-state index contributed by atoms with van der Waals surface area (Å²) in [5.41, 5.74) is 5.35. The van der Waals surface area contributed by atoms with Crippen molar-refractivity contribution in [2.75, 3.05) is 19.8 Å². The molecule has 24 heavy (non-hydrogen) atoms. The number of rotatable bonds is 7. The number of ether oxygens (including phenoxy) is 1. The first-order valence-electron chi connectivity index (χ1n) is 9.12. The fraction of sp³-hybridized carbons (Fsp3) is 0.650. The standard InChI is InChI=1S/C20H31NO3/c1-5-10-24-19-11-13(2)17-7-6-16(12-18(17)15(19)4)14(3)20(23)21-8-9-22/h11,14,16,22H,5-10,12H2,1-4H3,(H,21,23). The van der Waals surface area contributed by atoms with Gasteiger partial charge in [0.1, 0.15) is 5.75 Å². The van der Waals surface area contributed by atoms with E-state index < -0.39 is 0 Å². The number of carbonyl (C=O) groups is 1. The lowest BCUT2D eigenvalue weighted by molar-refractivity contribution is -0.126. The average Bonchev–Trinajstić information content (AvgIpc) is 2.60. The van der Waals surface area contributed by atoms with E-state index in [-0.39, 0.29) is 18.4 Å². The van der Waals surface area contributed by atoms with E-state index in [0.717, 1.165) is 38.0 Å². The summed E-state index contributed by atoms with van der Waals surface area (Å²) in [5, 5.41) is 11.7. The molecular formula is C20H31NO3. The number of nitrogens with one attached hydrogen (secondary N) is 1. The van der Waals surface area contributed by atoms with Crippen molar-refractivity contribution < 1.29 is 14.6 Å². The molecule has 1 aliphatic carbocycles. The van der Waals surface area contributed by atoms with Crippen LogP contribution in [0.25, 0.3) is 0 Å². The molecule has 1 aromatic carbocycles. The van der Waals surface area contributed by atoms with Crippen LogP contribution in [0.1, 0.15) is 48.9 Å². The fourth-order valence-electron chi connectivity index (χ4n) is 3.67. The molecular weight excluding hydrogens is 302 g/mol. The summed E-state index contributed by atoms with van der Waals surface area (Å²) in [4.78, 5) is 12.2. The van der Waals surface area contributed by atoms with E-state index in [4.69, 9.17) is 9.84 Å². The maximum atomic E-state index is 12.2. The zero-order valence-electron chi connectivity index (χ0n) is 15.4. The Kier molecular flexibility index (Phi) is 6.67. The monoisotopic (exact) mass is 333 g/mol. The molecule has 2 atom stereocenters. The number of carbonyl (C=O) groups excluding carboxylic acids is 1. The van der Waals surface area contributed by atoms with E-state index in [0.29, 0.717) is 12.5 Å². The van der Waals surface area contributed by atoms with Gasteiger partial charge in [0, 0.05) is 12.5 Å². The predicted molar refractivity (Wildman–Crippen MR) is 96.5 cm³/mol. The zero-order chi connectivity index (χ0) is 17.7. The summed E-state index contributed by atoms with van der Waals surface area (Å²) in [6.45, 7) is 9.48. The summed E-state index contributed by atoms with van der Waals surface area (Å²) in [6, 6.07) is 2.17. The van der Waals surface area contributed by atoms with Crippen LogP contribution in [-0.4, -0.2) is 30.8 Å². The summed E-state index contributed by atoms with van der Waals surface area (Å²) >= 11 is 0. The van der Waals surface area contributed by atoms with Gasteiger partial charge in [-0.1, -0.05) is 13.8 Å². The summed E-state index contributed by atoms with van der Waals surface area (Å²) in [6.07, 6.45) is 3.99. The minimum absolute atomic E-state index is 0.0115. The van der Waals surface area contributed by atoms with Crippen molar-refractivity contribution in [3.63, 3.8) is 0 Å². The highest BCUT2D eigenvalue weighted by atomic mass is 16.5. The van der Waals surface area contributed by atoms with E-state index in [1.807, 2.05) is 6.92 Å². The highest BCUT2D eigenvalue weighted by Crippen LogP contribution is 2.37. The van der Waals surface area contributed by atoms with Gasteiger partial charge in [-0.05, 0) is 73.8 Å². The summed E-state index contributed by atoms with van der Waals surface area (Å²) in [5.74, 6) is 1.34. The first kappa shape index (κ1) is 18.8. The van der Waals surface area contributed by atoms with Crippen LogP contribution < -0.4 is 10.1 Å². The number of amides is 1. The number of aryl methyl sites for hydroxylation is 1. The Morgan fingerprint density at radius 1 is 1.42 bits per heavy atom. The van der Waals surface area contributed by atoms with Gasteiger partial charge in [0.05, 0.1) is 13.2 Å². The van der Waals surface area contributed by atoms with Crippen LogP contribution in [0.4, 0.5) is 0 Å². The molecule has 0 radical (unpaired) electrons. The second-order valence-electron chi connectivity index (χ2n) is 6.93. The lowest BCUT2D eigenvalue weighted by atomic mass is 9.74. The summed E-state index contributed by atoms with van der Waals surface area (Å²) < 4.78 is 5.92. The quantitative estimate of drug-likeness (QED) is 0.806. The molecule has 0 saturated carbocycles. The number of fused-ring (bicyclic) bond motifs is 1. The van der Waals surface area contributed by atoms with Gasteiger partial charge >= 0.3 is 0 Å². The number of aliphatic hydroxyl groups excluding tert-OH is 1. The van der Waals surface area contributed by atoms with Crippen LogP contribution in [0.2, 0.25) is 0 Å². The molecule has 134 valence electrons. The van der Waals surface area contributed by atoms with Gasteiger partial charge in [0.25, 0.3) is 0 Å². The molecule has 0 aromatic heterocycles. The molecule has 0 aliphatic heterocycles. The van der Waals surface area contributed by atoms with Gasteiger partial charge in [0.15, 0.2) is 0 Å². The molecule has 0 heterocycles. The third-order valence-electron chi connectivity index (χ3n) is 5.23. The maximum absolute atomic E-state index is 12.2. The largest absolute Gasteiger partial charge is 0.493 e. The molecule has 4 heteroatoms. The Hall–Kier alpha value is -1.55. The van der Waals surface area contributed by atoms with Gasteiger partial charge in [-0.2, -0.15) is 0 Å². The van der Waals surface area contributed by atoms with Gasteiger partial charge in [-0.3, -0.25) is 4.79 Å². The van der Waals surface area contributed by atoms with Crippen LogP contribution in [-0.2, 0) is 17.6 Å². The molecule has 2 N–H and O–H groups in total. The van der Waals surface area contributed by atoms with E-state index in [9.17, 15) is 4.79 Å². The molecule has 0 saturated heterocycles. The van der Waals surface area contributed by atoms with Crippen LogP contribution in [0.3, 0.4) is 0 Å². The minimum Gasteiger partial charge on any atom is -0.493 e. The van der Waals surface area contributed by atoms with Crippen molar-refractivity contribution in [1.29, 1.82) is 0 Å². The molecule has 1 aromatic rings. The minimum atomic E-state index is -0.0374. The van der Waals surface area contributed by atoms with E-state index in [1.54, 1.807) is 0 Å². The SMILES string of the molecule is CCCOc1cc(C)c2c(c1C)CC(C(C)C(=O)NCCO)CC2. The molecule has 1 aliphatic rings. The Balaban J connectivity index is 2.19. The van der Waals surface area contributed by atoms with E-state index >= 15 is 0 Å². The summed E-state index contributed by atoms with van der Waals surface area (Å²) in [7, 11) is 0. The maximum Gasteiger partial charge on any atom is 0.223 e. The van der Waals surface area contributed by atoms with Crippen molar-refractivity contribution in [3.05, 3.63) is 28.3 Å². The number of benzene rings is 1. The number of hydrogen-bond acceptors (Lipinski definition) is 3. The number of hydrogen-bond donors (Lipinski definition) is 2. The second kappa shape index (κ2) is 8.52. The van der Waals surface area contributed by atoms with Crippen LogP contribution in [0.5, 0.6) is 5.75 Å². The van der Waals surface area contributed by atoms with Gasteiger partial charge in [-0.15, -0.1) is 0 Å². The van der Waals surface area contributed by atoms with Crippen molar-refractivity contribution in [1.82, 2.24) is 5.32 Å². The Bertz CT molecular complexity index is 583. The van der Waals surface area contributed by atoms with Crippen molar-refractivity contribution in [2.45, 2.75) is 53.4 Å². The molecule has 1 amide bonds. The molecule has 4 nitrogen and oxygen atoms in total. The third-order valence-corrected chi connectivity index (χ3v) is 5.23. The van der Waals surface area contributed by atoms with Crippen LogP contribution in [0, 0.1) is 25.7 Å². The van der Waals surface area contributed by atoms with Crippen molar-refractivity contribution in [3.8, 4) is 5.75 Å². The normalized spacial score (nSPS) is 18.0. The Labute approximate surface area is 145 Å². The van der Waals surface area contributed by atoms with Crippen LogP contribution in [0.15, 0.2) is 6.07 Å². The molecule has 2 unspecified atom stereocenters. The van der Waals surface area contributed by atoms with Gasteiger partial charge in [-0.25, -0.2) is 0 Å². The predicted octanol–water partition coefficient (Wildman–Crippen LogP) is 2.94. The fourth-order valence-corrected chi connectivity index (χ4v) is 3.67. The molecule has 2 rings (SSSR count). The lowest BCUT2D eigenvalue weighted by Gasteiger charge is -2.31. The van der Waals surface area contributed by atoms with Gasteiger partial charge < -0.3 is 15.2 Å². The van der Waals surface area contributed by atoms with Crippen molar-refractivity contribution in [2.24, 2.45) is 11.8 Å². The second-order valence-corrected chi connectivity index (χ2v) is 6.93. The molecule has 0 bridgehead atoms. The highest BCUT2D eigenvalue weighted by molar-refractivity contribution is 5.78. The first-order valence-corrected chi connectivity index (χ1v) is 9.12. The van der Waals surface area contributed by atoms with E-state index in [1.165, 1.54) is 22.3 Å². The zero-order valence-corrected chi connectivity index (χ0v) is 15.4. The van der Waals surface area contributed by atoms with Crippen LogP contribution >= 0.6 is 0 Å². The topological polar surface area (TPSA) is 58.6 Å². The van der Waals surface area contributed by atoms with E-state index in [2.05, 4.69) is 32.2 Å². The Morgan fingerprint density at radius 3 is 2.83 bits per heavy atom. The molecule has 0 fully saturated rings. The highest BCUT2D eigenvalue weighted by Gasteiger charge is 2.30. The molecule has 0 spiro atoms. The smallest absolute Gasteiger partial charge is 0.223 e. The Morgan fingerprint density at radius 2 is 2.17 bits per heavy atom. The lowest BCUT2D eigenvalue weighted by Crippen LogP contribution is -2.37. The third kappa shape index (κ3) is 4.10. The van der Waals surface area contributed by atoms with Gasteiger partial charge in [0.2, 0.25) is 5.91 Å². The van der Waals surface area contributed by atoms with Crippen molar-refractivity contribution >= 4 is 5.91 Å². The first-order chi connectivity index (χ1) is 11.5. The number of aliphatic hydroxyl groups is 1.